The average Bonchev–Trinajstić information content (AvgIpc) is 2.78. The third-order valence-electron chi connectivity index (χ3n) is 3.27. The van der Waals surface area contributed by atoms with E-state index in [1.165, 1.54) is 0 Å². The van der Waals surface area contributed by atoms with Crippen LogP contribution in [-0.2, 0) is 21.1 Å². The second kappa shape index (κ2) is 5.30. The van der Waals surface area contributed by atoms with Crippen molar-refractivity contribution in [1.82, 2.24) is 0 Å². The third-order valence-corrected chi connectivity index (χ3v) is 4.25. The van der Waals surface area contributed by atoms with E-state index < -0.39 is 15.9 Å². The van der Waals surface area contributed by atoms with E-state index in [2.05, 4.69) is 0 Å². The van der Waals surface area contributed by atoms with Crippen molar-refractivity contribution in [2.75, 3.05) is 23.5 Å². The molecule has 0 radical (unpaired) electrons. The lowest BCUT2D eigenvalue weighted by atomic mass is 10.1. The van der Waals surface area contributed by atoms with Gasteiger partial charge in [0.15, 0.2) is 0 Å². The summed E-state index contributed by atoms with van der Waals surface area (Å²) in [5.41, 5.74) is 7.83. The molecular weight excluding hydrogens is 264 g/mol. The van der Waals surface area contributed by atoms with Gasteiger partial charge < -0.3 is 10.6 Å². The molecule has 0 bridgehead atoms. The molecule has 1 aliphatic rings. The summed E-state index contributed by atoms with van der Waals surface area (Å²) in [5, 5.41) is 0. The first kappa shape index (κ1) is 14.0. The highest BCUT2D eigenvalue weighted by atomic mass is 32.2. The molecular formula is C13H18N2O3S. The molecule has 0 saturated heterocycles. The van der Waals surface area contributed by atoms with Crippen LogP contribution in [0.1, 0.15) is 12.0 Å². The molecule has 2 N–H and O–H groups in total. The molecule has 1 atom stereocenters. The van der Waals surface area contributed by atoms with E-state index in [9.17, 15) is 13.2 Å². The van der Waals surface area contributed by atoms with Gasteiger partial charge >= 0.3 is 0 Å². The number of fused-ring (bicyclic) bond motifs is 1. The number of para-hydroxylation sites is 1. The van der Waals surface area contributed by atoms with Crippen molar-refractivity contribution in [3.05, 3.63) is 29.8 Å². The minimum Gasteiger partial charge on any atom is -0.320 e. The van der Waals surface area contributed by atoms with Crippen LogP contribution in [-0.4, -0.2) is 38.9 Å². The molecule has 0 aliphatic carbocycles. The monoisotopic (exact) mass is 282 g/mol. The highest BCUT2D eigenvalue weighted by molar-refractivity contribution is 7.90. The largest absolute Gasteiger partial charge is 0.320 e. The Kier molecular flexibility index (Phi) is 3.91. The number of amides is 1. The molecule has 19 heavy (non-hydrogen) atoms. The predicted octanol–water partition coefficient (Wildman–Crippen LogP) is 0.338. The summed E-state index contributed by atoms with van der Waals surface area (Å²) in [6.07, 6.45) is 2.13. The molecule has 1 amide bonds. The summed E-state index contributed by atoms with van der Waals surface area (Å²) >= 11 is 0. The van der Waals surface area contributed by atoms with Crippen molar-refractivity contribution < 1.29 is 13.2 Å². The normalized spacial score (nSPS) is 16.2. The number of nitrogens with zero attached hydrogens (tertiary/aromatic N) is 1. The van der Waals surface area contributed by atoms with Crippen LogP contribution < -0.4 is 10.6 Å². The van der Waals surface area contributed by atoms with Crippen LogP contribution in [0.5, 0.6) is 0 Å². The maximum Gasteiger partial charge on any atom is 0.243 e. The summed E-state index contributed by atoms with van der Waals surface area (Å²) in [6.45, 7) is 0.616. The molecule has 6 heteroatoms. The van der Waals surface area contributed by atoms with Gasteiger partial charge in [-0.3, -0.25) is 4.79 Å². The van der Waals surface area contributed by atoms with E-state index in [0.29, 0.717) is 6.54 Å². The standard InChI is InChI=1S/C13H18N2O3S/c1-19(17,18)9-7-11(14)13(16)15-8-6-10-4-2-3-5-12(10)15/h2-5,11H,6-9,14H2,1H3. The van der Waals surface area contributed by atoms with Gasteiger partial charge in [0.05, 0.1) is 11.8 Å². The Morgan fingerprint density at radius 3 is 2.79 bits per heavy atom. The smallest absolute Gasteiger partial charge is 0.243 e. The number of nitrogens with two attached hydrogens (primary N) is 1. The summed E-state index contributed by atoms with van der Waals surface area (Å²) < 4.78 is 22.2. The molecule has 2 rings (SSSR count). The zero-order valence-electron chi connectivity index (χ0n) is 10.9. The number of sulfone groups is 1. The van der Waals surface area contributed by atoms with Gasteiger partial charge in [-0.1, -0.05) is 18.2 Å². The van der Waals surface area contributed by atoms with Crippen LogP contribution in [0.4, 0.5) is 5.69 Å². The Labute approximate surface area is 113 Å². The van der Waals surface area contributed by atoms with E-state index in [0.717, 1.165) is 23.9 Å². The van der Waals surface area contributed by atoms with Gasteiger partial charge in [-0.15, -0.1) is 0 Å². The van der Waals surface area contributed by atoms with Crippen LogP contribution in [0, 0.1) is 0 Å². The lowest BCUT2D eigenvalue weighted by molar-refractivity contribution is -0.119. The van der Waals surface area contributed by atoms with E-state index in [4.69, 9.17) is 5.73 Å². The maximum atomic E-state index is 12.2. The number of hydrogen-bond donors (Lipinski definition) is 1. The number of carbonyl (C=O) groups excluding carboxylic acids is 1. The zero-order valence-corrected chi connectivity index (χ0v) is 11.7. The fourth-order valence-corrected chi connectivity index (χ4v) is 2.91. The maximum absolute atomic E-state index is 12.2. The summed E-state index contributed by atoms with van der Waals surface area (Å²) in [5.74, 6) is -0.260. The minimum absolute atomic E-state index is 0.0601. The quantitative estimate of drug-likeness (QED) is 0.863. The Morgan fingerprint density at radius 1 is 1.42 bits per heavy atom. The molecule has 0 fully saturated rings. The first-order valence-electron chi connectivity index (χ1n) is 6.21. The van der Waals surface area contributed by atoms with Crippen LogP contribution in [0.15, 0.2) is 24.3 Å². The number of benzene rings is 1. The first-order chi connectivity index (χ1) is 8.88. The summed E-state index contributed by atoms with van der Waals surface area (Å²) in [7, 11) is -3.09. The van der Waals surface area contributed by atoms with Crippen molar-refractivity contribution in [3.63, 3.8) is 0 Å². The zero-order chi connectivity index (χ0) is 14.0. The molecule has 0 aromatic heterocycles. The number of rotatable bonds is 4. The van der Waals surface area contributed by atoms with Crippen LogP contribution >= 0.6 is 0 Å². The molecule has 104 valence electrons. The average molecular weight is 282 g/mol. The summed E-state index contributed by atoms with van der Waals surface area (Å²) in [4.78, 5) is 13.9. The van der Waals surface area contributed by atoms with E-state index in [-0.39, 0.29) is 18.1 Å². The van der Waals surface area contributed by atoms with Gasteiger partial charge in [-0.25, -0.2) is 8.42 Å². The van der Waals surface area contributed by atoms with Crippen LogP contribution in [0.3, 0.4) is 0 Å². The Hall–Kier alpha value is -1.40. The molecule has 1 unspecified atom stereocenters. The molecule has 0 saturated carbocycles. The van der Waals surface area contributed by atoms with Gasteiger partial charge in [0.1, 0.15) is 9.84 Å². The lowest BCUT2D eigenvalue weighted by Crippen LogP contribution is -2.44. The second-order valence-corrected chi connectivity index (χ2v) is 7.15. The van der Waals surface area contributed by atoms with Crippen molar-refractivity contribution in [2.45, 2.75) is 18.9 Å². The van der Waals surface area contributed by atoms with Crippen LogP contribution in [0.25, 0.3) is 0 Å². The SMILES string of the molecule is CS(=O)(=O)CCC(N)C(=O)N1CCc2ccccc21. The van der Waals surface area contributed by atoms with E-state index in [1.807, 2.05) is 24.3 Å². The van der Waals surface area contributed by atoms with Crippen molar-refractivity contribution in [2.24, 2.45) is 5.73 Å². The fourth-order valence-electron chi connectivity index (χ4n) is 2.23. The van der Waals surface area contributed by atoms with Crippen LogP contribution in [0.2, 0.25) is 0 Å². The van der Waals surface area contributed by atoms with Crippen molar-refractivity contribution >= 4 is 21.4 Å². The molecule has 1 aromatic rings. The minimum atomic E-state index is -3.09. The predicted molar refractivity (Wildman–Crippen MR) is 74.8 cm³/mol. The summed E-state index contributed by atoms with van der Waals surface area (Å²) in [6, 6.07) is 6.94. The molecule has 0 spiro atoms. The Balaban J connectivity index is 2.05. The highest BCUT2D eigenvalue weighted by Crippen LogP contribution is 2.27. The molecule has 5 nitrogen and oxygen atoms in total. The fraction of sp³-hybridized carbons (Fsp3) is 0.462. The Morgan fingerprint density at radius 2 is 2.11 bits per heavy atom. The number of carbonyl (C=O) groups is 1. The van der Waals surface area contributed by atoms with Gasteiger partial charge in [-0.2, -0.15) is 0 Å². The molecule has 1 heterocycles. The van der Waals surface area contributed by atoms with Gasteiger partial charge in [0.2, 0.25) is 5.91 Å². The molecule has 1 aliphatic heterocycles. The Bertz CT molecular complexity index is 583. The first-order valence-corrected chi connectivity index (χ1v) is 8.27. The molecule has 1 aromatic carbocycles. The lowest BCUT2D eigenvalue weighted by Gasteiger charge is -2.21. The van der Waals surface area contributed by atoms with Crippen molar-refractivity contribution in [1.29, 1.82) is 0 Å². The van der Waals surface area contributed by atoms with E-state index in [1.54, 1.807) is 4.90 Å². The second-order valence-electron chi connectivity index (χ2n) is 4.89. The van der Waals surface area contributed by atoms with E-state index >= 15 is 0 Å². The highest BCUT2D eigenvalue weighted by Gasteiger charge is 2.28. The third kappa shape index (κ3) is 3.33. The number of anilines is 1. The van der Waals surface area contributed by atoms with Gasteiger partial charge in [-0.05, 0) is 24.5 Å². The van der Waals surface area contributed by atoms with Gasteiger partial charge in [0.25, 0.3) is 0 Å². The topological polar surface area (TPSA) is 80.5 Å². The van der Waals surface area contributed by atoms with Crippen molar-refractivity contribution in [3.8, 4) is 0 Å². The van der Waals surface area contributed by atoms with Gasteiger partial charge in [0, 0.05) is 18.5 Å². The number of hydrogen-bond acceptors (Lipinski definition) is 4.